The first-order valence-corrected chi connectivity index (χ1v) is 9.73. The Balaban J connectivity index is 1.31. The number of hydrogen-bond donors (Lipinski definition) is 2. The van der Waals surface area contributed by atoms with Crippen LogP contribution in [0.3, 0.4) is 0 Å². The molecule has 2 heterocycles. The molecule has 1 saturated carbocycles. The second kappa shape index (κ2) is 8.25. The Morgan fingerprint density at radius 1 is 1.04 bits per heavy atom. The molecule has 2 amide bonds. The number of aromatic nitrogens is 3. The summed E-state index contributed by atoms with van der Waals surface area (Å²) in [5, 5.41) is 10.3. The largest absolute Gasteiger partial charge is 0.337 e. The molecular weight excluding hydrogens is 350 g/mol. The van der Waals surface area contributed by atoms with Gasteiger partial charge in [0, 0.05) is 48.5 Å². The van der Waals surface area contributed by atoms with Gasteiger partial charge in [-0.25, -0.2) is 4.79 Å². The highest BCUT2D eigenvalue weighted by Crippen LogP contribution is 2.46. The Hall–Kier alpha value is -3.15. The number of para-hydroxylation sites is 1. The number of nitrogens with one attached hydrogen (secondary N) is 2. The zero-order chi connectivity index (χ0) is 19.2. The first-order valence-electron chi connectivity index (χ1n) is 9.73. The van der Waals surface area contributed by atoms with Crippen molar-refractivity contribution in [3.05, 3.63) is 78.4 Å². The van der Waals surface area contributed by atoms with E-state index in [0.29, 0.717) is 6.54 Å². The molecule has 1 aliphatic rings. The smallest absolute Gasteiger partial charge is 0.319 e. The van der Waals surface area contributed by atoms with Crippen molar-refractivity contribution in [3.63, 3.8) is 0 Å². The first kappa shape index (κ1) is 18.2. The van der Waals surface area contributed by atoms with Crippen molar-refractivity contribution < 1.29 is 4.79 Å². The van der Waals surface area contributed by atoms with Gasteiger partial charge in [-0.05, 0) is 55.5 Å². The van der Waals surface area contributed by atoms with Crippen LogP contribution in [0.4, 0.5) is 10.5 Å². The molecule has 144 valence electrons. The zero-order valence-corrected chi connectivity index (χ0v) is 15.8. The Morgan fingerprint density at radius 3 is 2.64 bits per heavy atom. The summed E-state index contributed by atoms with van der Waals surface area (Å²) in [4.78, 5) is 16.8. The minimum atomic E-state index is -0.156. The number of urea groups is 1. The molecular formula is C22H25N5O. The third-order valence-corrected chi connectivity index (χ3v) is 5.28. The number of aryl methyl sites for hydroxylation is 2. The molecule has 0 saturated heterocycles. The predicted molar refractivity (Wildman–Crippen MR) is 109 cm³/mol. The van der Waals surface area contributed by atoms with E-state index in [1.807, 2.05) is 59.5 Å². The molecule has 6 heteroatoms. The molecule has 4 rings (SSSR count). The summed E-state index contributed by atoms with van der Waals surface area (Å²) < 4.78 is 1.94. The Labute approximate surface area is 165 Å². The molecule has 2 aromatic heterocycles. The molecule has 0 atom stereocenters. The van der Waals surface area contributed by atoms with Crippen LogP contribution in [-0.2, 0) is 19.4 Å². The van der Waals surface area contributed by atoms with E-state index in [1.54, 1.807) is 6.20 Å². The lowest BCUT2D eigenvalue weighted by Gasteiger charge is -2.17. The van der Waals surface area contributed by atoms with Crippen molar-refractivity contribution >= 4 is 11.7 Å². The lowest BCUT2D eigenvalue weighted by Crippen LogP contribution is -2.35. The molecule has 2 N–H and O–H groups in total. The predicted octanol–water partition coefficient (Wildman–Crippen LogP) is 3.67. The zero-order valence-electron chi connectivity index (χ0n) is 15.8. The lowest BCUT2D eigenvalue weighted by atomic mass is 10.1. The van der Waals surface area contributed by atoms with Gasteiger partial charge in [-0.2, -0.15) is 5.10 Å². The third-order valence-electron chi connectivity index (χ3n) is 5.28. The standard InChI is InChI=1S/C22H25N5O/c28-21(24-16-22(11-12-22)17-27-15-5-14-25-27)26-20-8-2-1-6-18(20)9-10-19-7-3-4-13-23-19/h1-8,13-15H,9-12,16-17H2,(H2,24,26,28). The van der Waals surface area contributed by atoms with E-state index in [2.05, 4.69) is 26.8 Å². The number of hydrogen-bond acceptors (Lipinski definition) is 3. The van der Waals surface area contributed by atoms with Gasteiger partial charge in [-0.1, -0.05) is 24.3 Å². The number of benzene rings is 1. The molecule has 0 aliphatic heterocycles. The number of carbonyl (C=O) groups excluding carboxylic acids is 1. The third kappa shape index (κ3) is 4.76. The monoisotopic (exact) mass is 375 g/mol. The molecule has 0 radical (unpaired) electrons. The number of carbonyl (C=O) groups is 1. The lowest BCUT2D eigenvalue weighted by molar-refractivity contribution is 0.248. The van der Waals surface area contributed by atoms with Gasteiger partial charge in [-0.15, -0.1) is 0 Å². The fraction of sp³-hybridized carbons (Fsp3) is 0.318. The van der Waals surface area contributed by atoms with Gasteiger partial charge in [0.1, 0.15) is 0 Å². The first-order chi connectivity index (χ1) is 13.7. The minimum Gasteiger partial charge on any atom is -0.337 e. The topological polar surface area (TPSA) is 71.8 Å². The second-order valence-electron chi connectivity index (χ2n) is 7.49. The summed E-state index contributed by atoms with van der Waals surface area (Å²) in [5.74, 6) is 0. The van der Waals surface area contributed by atoms with Crippen LogP contribution in [0.2, 0.25) is 0 Å². The molecule has 0 unspecified atom stereocenters. The fourth-order valence-electron chi connectivity index (χ4n) is 3.41. The van der Waals surface area contributed by atoms with Gasteiger partial charge in [0.05, 0.1) is 0 Å². The van der Waals surface area contributed by atoms with Gasteiger partial charge in [-0.3, -0.25) is 9.67 Å². The van der Waals surface area contributed by atoms with E-state index in [9.17, 15) is 4.79 Å². The average Bonchev–Trinajstić information content (AvgIpc) is 3.29. The number of pyridine rings is 1. The van der Waals surface area contributed by atoms with E-state index in [1.165, 1.54) is 0 Å². The molecule has 1 fully saturated rings. The molecule has 1 aliphatic carbocycles. The van der Waals surface area contributed by atoms with E-state index in [-0.39, 0.29) is 11.4 Å². The van der Waals surface area contributed by atoms with Crippen molar-refractivity contribution in [1.82, 2.24) is 20.1 Å². The summed E-state index contributed by atoms with van der Waals surface area (Å²) in [6, 6.07) is 15.7. The minimum absolute atomic E-state index is 0.141. The van der Waals surface area contributed by atoms with E-state index < -0.39 is 0 Å². The molecule has 3 aromatic rings. The molecule has 0 bridgehead atoms. The average molecular weight is 375 g/mol. The van der Waals surface area contributed by atoms with Crippen LogP contribution in [0.1, 0.15) is 24.1 Å². The van der Waals surface area contributed by atoms with Crippen molar-refractivity contribution in [2.45, 2.75) is 32.2 Å². The van der Waals surface area contributed by atoms with Crippen molar-refractivity contribution in [3.8, 4) is 0 Å². The van der Waals surface area contributed by atoms with Crippen LogP contribution in [0.15, 0.2) is 67.1 Å². The SMILES string of the molecule is O=C(NCC1(Cn2cccn2)CC1)Nc1ccccc1CCc1ccccn1. The van der Waals surface area contributed by atoms with Gasteiger partial charge in [0.25, 0.3) is 0 Å². The summed E-state index contributed by atoms with van der Waals surface area (Å²) in [6.45, 7) is 1.51. The van der Waals surface area contributed by atoms with E-state index in [0.717, 1.165) is 49.2 Å². The summed E-state index contributed by atoms with van der Waals surface area (Å²) in [7, 11) is 0. The van der Waals surface area contributed by atoms with Crippen LogP contribution in [-0.4, -0.2) is 27.3 Å². The molecule has 0 spiro atoms. The van der Waals surface area contributed by atoms with Crippen molar-refractivity contribution in [1.29, 1.82) is 0 Å². The quantitative estimate of drug-likeness (QED) is 0.631. The van der Waals surface area contributed by atoms with Crippen LogP contribution < -0.4 is 10.6 Å². The highest BCUT2D eigenvalue weighted by Gasteiger charge is 2.43. The van der Waals surface area contributed by atoms with Crippen LogP contribution >= 0.6 is 0 Å². The number of amides is 2. The maximum absolute atomic E-state index is 12.5. The molecule has 28 heavy (non-hydrogen) atoms. The second-order valence-corrected chi connectivity index (χ2v) is 7.49. The van der Waals surface area contributed by atoms with Gasteiger partial charge >= 0.3 is 6.03 Å². The Bertz CT molecular complexity index is 904. The van der Waals surface area contributed by atoms with Gasteiger partial charge in [0.2, 0.25) is 0 Å². The van der Waals surface area contributed by atoms with Crippen molar-refractivity contribution in [2.75, 3.05) is 11.9 Å². The van der Waals surface area contributed by atoms with Crippen LogP contribution in [0, 0.1) is 5.41 Å². The summed E-state index contributed by atoms with van der Waals surface area (Å²) in [5.41, 5.74) is 3.16. The molecule has 1 aromatic carbocycles. The summed E-state index contributed by atoms with van der Waals surface area (Å²) >= 11 is 0. The van der Waals surface area contributed by atoms with Crippen LogP contribution in [0.5, 0.6) is 0 Å². The van der Waals surface area contributed by atoms with Gasteiger partial charge in [0.15, 0.2) is 0 Å². The normalized spacial score (nSPS) is 14.4. The number of rotatable bonds is 8. The molecule has 6 nitrogen and oxygen atoms in total. The fourth-order valence-corrected chi connectivity index (χ4v) is 3.41. The highest BCUT2D eigenvalue weighted by molar-refractivity contribution is 5.90. The Morgan fingerprint density at radius 2 is 1.89 bits per heavy atom. The van der Waals surface area contributed by atoms with E-state index >= 15 is 0 Å². The van der Waals surface area contributed by atoms with Crippen molar-refractivity contribution in [2.24, 2.45) is 5.41 Å². The highest BCUT2D eigenvalue weighted by atomic mass is 16.2. The Kier molecular flexibility index (Phi) is 5.37. The van der Waals surface area contributed by atoms with E-state index in [4.69, 9.17) is 0 Å². The van der Waals surface area contributed by atoms with Crippen LogP contribution in [0.25, 0.3) is 0 Å². The maximum atomic E-state index is 12.5. The van der Waals surface area contributed by atoms with Gasteiger partial charge < -0.3 is 10.6 Å². The number of anilines is 1. The summed E-state index contributed by atoms with van der Waals surface area (Å²) in [6.07, 6.45) is 9.48. The maximum Gasteiger partial charge on any atom is 0.319 e. The number of nitrogens with zero attached hydrogens (tertiary/aromatic N) is 3.